The number of hydrogen-bond acceptors (Lipinski definition) is 3. The number of amides is 1. The summed E-state index contributed by atoms with van der Waals surface area (Å²) in [7, 11) is -1.04. The minimum atomic E-state index is -1.04. The first kappa shape index (κ1) is 17.7. The zero-order valence-electron chi connectivity index (χ0n) is 14.5. The summed E-state index contributed by atoms with van der Waals surface area (Å²) in [5.74, 6) is -0.143. The number of anilines is 2. The summed E-state index contributed by atoms with van der Waals surface area (Å²) in [5.41, 5.74) is 2.50. The quantitative estimate of drug-likeness (QED) is 0.899. The summed E-state index contributed by atoms with van der Waals surface area (Å²) < 4.78 is 11.5. The van der Waals surface area contributed by atoms with Crippen LogP contribution in [-0.4, -0.2) is 29.5 Å². The Kier molecular flexibility index (Phi) is 5.87. The third kappa shape index (κ3) is 4.48. The van der Waals surface area contributed by atoms with Crippen LogP contribution in [-0.2, 0) is 10.8 Å². The molecular formula is C20H24N2O2S. The first-order chi connectivity index (χ1) is 12.1. The number of hydrogen-bond donors (Lipinski definition) is 1. The van der Waals surface area contributed by atoms with Crippen molar-refractivity contribution in [2.45, 2.75) is 30.6 Å². The van der Waals surface area contributed by atoms with Gasteiger partial charge in [-0.3, -0.25) is 9.00 Å². The molecule has 25 heavy (non-hydrogen) atoms. The number of rotatable bonds is 4. The van der Waals surface area contributed by atoms with Crippen molar-refractivity contribution in [3.63, 3.8) is 0 Å². The molecule has 1 fully saturated rings. The van der Waals surface area contributed by atoms with Crippen LogP contribution in [0.4, 0.5) is 11.4 Å². The summed E-state index contributed by atoms with van der Waals surface area (Å²) in [5, 5.41) is 3.04. The molecule has 1 N–H and O–H groups in total. The molecule has 0 saturated carbocycles. The Morgan fingerprint density at radius 1 is 0.960 bits per heavy atom. The van der Waals surface area contributed by atoms with Gasteiger partial charge in [0, 0.05) is 40.6 Å². The van der Waals surface area contributed by atoms with E-state index in [4.69, 9.17) is 0 Å². The highest BCUT2D eigenvalue weighted by atomic mass is 32.2. The van der Waals surface area contributed by atoms with Crippen molar-refractivity contribution in [1.29, 1.82) is 0 Å². The maximum Gasteiger partial charge on any atom is 0.255 e. The molecule has 1 amide bonds. The molecule has 0 radical (unpaired) electrons. The van der Waals surface area contributed by atoms with Crippen LogP contribution in [0.1, 0.15) is 36.0 Å². The highest BCUT2D eigenvalue weighted by molar-refractivity contribution is 7.84. The third-order valence-electron chi connectivity index (χ3n) is 4.55. The van der Waals surface area contributed by atoms with Gasteiger partial charge in [-0.25, -0.2) is 0 Å². The Hall–Kier alpha value is -2.14. The second-order valence-electron chi connectivity index (χ2n) is 6.35. The predicted molar refractivity (Wildman–Crippen MR) is 104 cm³/mol. The molecule has 3 rings (SSSR count). The van der Waals surface area contributed by atoms with E-state index >= 15 is 0 Å². The van der Waals surface area contributed by atoms with Gasteiger partial charge in [-0.2, -0.15) is 0 Å². The fourth-order valence-corrected chi connectivity index (χ4v) is 3.68. The molecule has 0 spiro atoms. The monoisotopic (exact) mass is 356 g/mol. The van der Waals surface area contributed by atoms with Crippen LogP contribution in [0.2, 0.25) is 0 Å². The van der Waals surface area contributed by atoms with Crippen LogP contribution >= 0.6 is 0 Å². The highest BCUT2D eigenvalue weighted by Crippen LogP contribution is 2.28. The maximum absolute atomic E-state index is 12.6. The number of nitrogens with one attached hydrogen (secondary N) is 1. The van der Waals surface area contributed by atoms with E-state index in [1.54, 1.807) is 30.5 Å². The lowest BCUT2D eigenvalue weighted by atomic mass is 10.2. The van der Waals surface area contributed by atoms with Crippen molar-refractivity contribution in [3.8, 4) is 0 Å². The standard InChI is InChI=1S/C20H24N2O2S/c1-25(24)17-12-10-16(11-13-17)20(23)21-18-8-4-5-9-19(18)22-14-6-2-3-7-15-22/h4-5,8-13H,2-3,6-7,14-15H2,1H3,(H,21,23)/t25-/m1/s1. The van der Waals surface area contributed by atoms with Gasteiger partial charge in [0.15, 0.2) is 0 Å². The molecule has 1 aliphatic rings. The summed E-state index contributed by atoms with van der Waals surface area (Å²) in [6.07, 6.45) is 6.56. The smallest absolute Gasteiger partial charge is 0.255 e. The van der Waals surface area contributed by atoms with Crippen LogP contribution in [0.15, 0.2) is 53.4 Å². The zero-order valence-corrected chi connectivity index (χ0v) is 15.3. The van der Waals surface area contributed by atoms with Crippen LogP contribution in [0.3, 0.4) is 0 Å². The van der Waals surface area contributed by atoms with Gasteiger partial charge < -0.3 is 10.2 Å². The molecule has 2 aromatic carbocycles. The van der Waals surface area contributed by atoms with E-state index in [-0.39, 0.29) is 5.91 Å². The van der Waals surface area contributed by atoms with Crippen molar-refractivity contribution in [2.75, 3.05) is 29.6 Å². The van der Waals surface area contributed by atoms with Gasteiger partial charge in [-0.05, 0) is 49.2 Å². The largest absolute Gasteiger partial charge is 0.370 e. The molecule has 5 heteroatoms. The van der Waals surface area contributed by atoms with Crippen molar-refractivity contribution < 1.29 is 9.00 Å². The van der Waals surface area contributed by atoms with Crippen LogP contribution in [0, 0.1) is 0 Å². The summed E-state index contributed by atoms with van der Waals surface area (Å²) in [6.45, 7) is 2.06. The van der Waals surface area contributed by atoms with Gasteiger partial charge in [-0.1, -0.05) is 25.0 Å². The van der Waals surface area contributed by atoms with E-state index in [0.29, 0.717) is 5.56 Å². The lowest BCUT2D eigenvalue weighted by molar-refractivity contribution is 0.102. The van der Waals surface area contributed by atoms with Crippen LogP contribution < -0.4 is 10.2 Å². The van der Waals surface area contributed by atoms with E-state index in [2.05, 4.69) is 16.3 Å². The van der Waals surface area contributed by atoms with Crippen molar-refractivity contribution in [3.05, 3.63) is 54.1 Å². The fraction of sp³-hybridized carbons (Fsp3) is 0.350. The van der Waals surface area contributed by atoms with Crippen LogP contribution in [0.5, 0.6) is 0 Å². The summed E-state index contributed by atoms with van der Waals surface area (Å²) >= 11 is 0. The maximum atomic E-state index is 12.6. The lowest BCUT2D eigenvalue weighted by Gasteiger charge is -2.25. The van der Waals surface area contributed by atoms with E-state index in [1.165, 1.54) is 25.7 Å². The first-order valence-corrected chi connectivity index (χ1v) is 10.3. The molecule has 132 valence electrons. The molecule has 0 unspecified atom stereocenters. The zero-order chi connectivity index (χ0) is 17.6. The van der Waals surface area contributed by atoms with Gasteiger partial charge in [0.1, 0.15) is 0 Å². The molecular weight excluding hydrogens is 332 g/mol. The van der Waals surface area contributed by atoms with Crippen LogP contribution in [0.25, 0.3) is 0 Å². The van der Waals surface area contributed by atoms with E-state index in [9.17, 15) is 9.00 Å². The first-order valence-electron chi connectivity index (χ1n) is 8.74. The molecule has 0 aromatic heterocycles. The molecule has 0 bridgehead atoms. The second kappa shape index (κ2) is 8.30. The van der Waals surface area contributed by atoms with Crippen molar-refractivity contribution in [2.24, 2.45) is 0 Å². The molecule has 2 aromatic rings. The normalized spacial score (nSPS) is 16.1. The number of nitrogens with zero attached hydrogens (tertiary/aromatic N) is 1. The van der Waals surface area contributed by atoms with Gasteiger partial charge >= 0.3 is 0 Å². The summed E-state index contributed by atoms with van der Waals surface area (Å²) in [4.78, 5) is 15.7. The molecule has 1 atom stereocenters. The van der Waals surface area contributed by atoms with E-state index in [1.807, 2.05) is 18.2 Å². The average Bonchev–Trinajstić information content (AvgIpc) is 2.91. The van der Waals surface area contributed by atoms with Gasteiger partial charge in [0.25, 0.3) is 5.91 Å². The molecule has 0 aliphatic carbocycles. The molecule has 1 aliphatic heterocycles. The van der Waals surface area contributed by atoms with Gasteiger partial charge in [0.2, 0.25) is 0 Å². The summed E-state index contributed by atoms with van der Waals surface area (Å²) in [6, 6.07) is 14.9. The fourth-order valence-electron chi connectivity index (χ4n) is 3.16. The number of para-hydroxylation sites is 2. The topological polar surface area (TPSA) is 49.4 Å². The average molecular weight is 356 g/mol. The number of benzene rings is 2. The molecule has 4 nitrogen and oxygen atoms in total. The Morgan fingerprint density at radius 2 is 1.60 bits per heavy atom. The Labute approximate surface area is 151 Å². The predicted octanol–water partition coefficient (Wildman–Crippen LogP) is 4.06. The molecule has 1 heterocycles. The van der Waals surface area contributed by atoms with Gasteiger partial charge in [-0.15, -0.1) is 0 Å². The van der Waals surface area contributed by atoms with Crippen molar-refractivity contribution in [1.82, 2.24) is 0 Å². The minimum Gasteiger partial charge on any atom is -0.370 e. The Morgan fingerprint density at radius 3 is 2.24 bits per heavy atom. The number of carbonyl (C=O) groups is 1. The Bertz CT molecular complexity index is 751. The Balaban J connectivity index is 1.78. The van der Waals surface area contributed by atoms with E-state index < -0.39 is 10.8 Å². The van der Waals surface area contributed by atoms with Crippen molar-refractivity contribution >= 4 is 28.1 Å². The number of carbonyl (C=O) groups excluding carboxylic acids is 1. The molecule has 1 saturated heterocycles. The SMILES string of the molecule is C[S@@](=O)c1ccc(C(=O)Nc2ccccc2N2CCCCCC2)cc1. The lowest BCUT2D eigenvalue weighted by Crippen LogP contribution is -2.25. The second-order valence-corrected chi connectivity index (χ2v) is 7.73. The van der Waals surface area contributed by atoms with Gasteiger partial charge in [0.05, 0.1) is 11.4 Å². The third-order valence-corrected chi connectivity index (χ3v) is 5.48. The van der Waals surface area contributed by atoms with E-state index in [0.717, 1.165) is 29.4 Å². The highest BCUT2D eigenvalue weighted by Gasteiger charge is 2.15. The minimum absolute atomic E-state index is 0.143.